The van der Waals surface area contributed by atoms with Crippen LogP contribution >= 0.6 is 0 Å². The molecule has 0 radical (unpaired) electrons. The number of amides is 1. The van der Waals surface area contributed by atoms with Crippen molar-refractivity contribution in [3.05, 3.63) is 60.2 Å². The molecule has 0 bridgehead atoms. The van der Waals surface area contributed by atoms with Crippen molar-refractivity contribution in [3.63, 3.8) is 0 Å². The van der Waals surface area contributed by atoms with Gasteiger partial charge >= 0.3 is 0 Å². The van der Waals surface area contributed by atoms with E-state index in [1.807, 2.05) is 47.4 Å². The van der Waals surface area contributed by atoms with E-state index in [4.69, 9.17) is 9.47 Å². The molecule has 0 aliphatic carbocycles. The lowest BCUT2D eigenvalue weighted by Crippen LogP contribution is -2.51. The zero-order valence-electron chi connectivity index (χ0n) is 14.3. The van der Waals surface area contributed by atoms with Crippen LogP contribution in [0.4, 0.5) is 0 Å². The fraction of sp³-hybridized carbons (Fsp3) is 0.381. The maximum Gasteiger partial charge on any atom is 0.253 e. The molecule has 4 nitrogen and oxygen atoms in total. The Morgan fingerprint density at radius 1 is 0.840 bits per heavy atom. The second-order valence-corrected chi connectivity index (χ2v) is 6.70. The van der Waals surface area contributed by atoms with Gasteiger partial charge in [0.2, 0.25) is 0 Å². The van der Waals surface area contributed by atoms with Crippen molar-refractivity contribution >= 4 is 5.91 Å². The highest BCUT2D eigenvalue weighted by molar-refractivity contribution is 5.94. The van der Waals surface area contributed by atoms with Gasteiger partial charge in [0, 0.05) is 31.5 Å². The van der Waals surface area contributed by atoms with Crippen LogP contribution in [0.1, 0.15) is 29.6 Å². The van der Waals surface area contributed by atoms with E-state index in [0.29, 0.717) is 13.1 Å². The van der Waals surface area contributed by atoms with Crippen molar-refractivity contribution in [2.75, 3.05) is 26.3 Å². The number of likely N-dealkylation sites (tertiary alicyclic amines) is 1. The Morgan fingerprint density at radius 2 is 1.44 bits per heavy atom. The van der Waals surface area contributed by atoms with E-state index in [1.165, 1.54) is 0 Å². The molecule has 2 aliphatic rings. The molecule has 4 rings (SSSR count). The molecule has 2 aromatic carbocycles. The van der Waals surface area contributed by atoms with Crippen LogP contribution in [0, 0.1) is 0 Å². The molecule has 1 spiro atoms. The third kappa shape index (κ3) is 3.46. The third-order valence-corrected chi connectivity index (χ3v) is 5.07. The van der Waals surface area contributed by atoms with Gasteiger partial charge in [-0.3, -0.25) is 4.79 Å². The second-order valence-electron chi connectivity index (χ2n) is 6.70. The average Bonchev–Trinajstić information content (AvgIpc) is 2.70. The van der Waals surface area contributed by atoms with E-state index in [1.54, 1.807) is 0 Å². The summed E-state index contributed by atoms with van der Waals surface area (Å²) in [4.78, 5) is 14.7. The van der Waals surface area contributed by atoms with E-state index in [2.05, 4.69) is 12.1 Å². The van der Waals surface area contributed by atoms with Crippen molar-refractivity contribution in [3.8, 4) is 11.1 Å². The molecule has 2 saturated heterocycles. The summed E-state index contributed by atoms with van der Waals surface area (Å²) >= 11 is 0. The van der Waals surface area contributed by atoms with Crippen LogP contribution in [0.3, 0.4) is 0 Å². The molecule has 1 amide bonds. The van der Waals surface area contributed by atoms with Gasteiger partial charge in [-0.05, 0) is 29.7 Å². The largest absolute Gasteiger partial charge is 0.350 e. The number of benzene rings is 2. The van der Waals surface area contributed by atoms with Gasteiger partial charge in [-0.2, -0.15) is 0 Å². The fourth-order valence-electron chi connectivity index (χ4n) is 3.57. The van der Waals surface area contributed by atoms with E-state index in [-0.39, 0.29) is 5.91 Å². The van der Waals surface area contributed by atoms with Gasteiger partial charge in [0.15, 0.2) is 5.79 Å². The fourth-order valence-corrected chi connectivity index (χ4v) is 3.57. The number of carbonyl (C=O) groups is 1. The lowest BCUT2D eigenvalue weighted by atomic mass is 10.0. The molecule has 25 heavy (non-hydrogen) atoms. The number of piperidine rings is 1. The topological polar surface area (TPSA) is 38.8 Å². The molecule has 0 saturated carbocycles. The smallest absolute Gasteiger partial charge is 0.253 e. The Bertz CT molecular complexity index is 711. The van der Waals surface area contributed by atoms with Crippen molar-refractivity contribution < 1.29 is 14.3 Å². The zero-order valence-corrected chi connectivity index (χ0v) is 14.3. The van der Waals surface area contributed by atoms with Crippen molar-refractivity contribution in [1.29, 1.82) is 0 Å². The van der Waals surface area contributed by atoms with Crippen LogP contribution in [0.5, 0.6) is 0 Å². The monoisotopic (exact) mass is 337 g/mol. The first-order valence-electron chi connectivity index (χ1n) is 8.98. The quantitative estimate of drug-likeness (QED) is 0.838. The SMILES string of the molecule is O=C(c1ccc(-c2ccccc2)cc1)N1CCC2(CC1)OCCCO2. The first-order valence-corrected chi connectivity index (χ1v) is 8.98. The molecule has 2 aliphatic heterocycles. The Morgan fingerprint density at radius 3 is 2.08 bits per heavy atom. The highest BCUT2D eigenvalue weighted by Gasteiger charge is 2.39. The predicted octanol–water partition coefficient (Wildman–Crippen LogP) is 3.72. The van der Waals surface area contributed by atoms with Gasteiger partial charge in [0.1, 0.15) is 0 Å². The maximum atomic E-state index is 12.8. The Balaban J connectivity index is 1.41. The van der Waals surface area contributed by atoms with Crippen molar-refractivity contribution in [2.45, 2.75) is 25.0 Å². The minimum atomic E-state index is -0.452. The molecular formula is C21H23NO3. The van der Waals surface area contributed by atoms with Crippen LogP contribution in [0.15, 0.2) is 54.6 Å². The Kier molecular flexibility index (Phi) is 4.55. The summed E-state index contributed by atoms with van der Waals surface area (Å²) in [6.07, 6.45) is 2.46. The van der Waals surface area contributed by atoms with Gasteiger partial charge in [0.05, 0.1) is 13.2 Å². The number of carbonyl (C=O) groups excluding carboxylic acids is 1. The van der Waals surface area contributed by atoms with Crippen LogP contribution in [-0.2, 0) is 9.47 Å². The summed E-state index contributed by atoms with van der Waals surface area (Å²) in [5, 5.41) is 0. The van der Waals surface area contributed by atoms with Crippen LogP contribution in [0.25, 0.3) is 11.1 Å². The summed E-state index contributed by atoms with van der Waals surface area (Å²) in [6, 6.07) is 18.1. The number of nitrogens with zero attached hydrogens (tertiary/aromatic N) is 1. The van der Waals surface area contributed by atoms with Gasteiger partial charge in [-0.15, -0.1) is 0 Å². The Labute approximate surface area is 148 Å². The zero-order chi connectivity index (χ0) is 17.1. The van der Waals surface area contributed by atoms with Gasteiger partial charge in [-0.25, -0.2) is 0 Å². The summed E-state index contributed by atoms with van der Waals surface area (Å²) in [5.74, 6) is -0.364. The highest BCUT2D eigenvalue weighted by Crippen LogP contribution is 2.31. The maximum absolute atomic E-state index is 12.8. The van der Waals surface area contributed by atoms with E-state index in [0.717, 1.165) is 49.2 Å². The van der Waals surface area contributed by atoms with Gasteiger partial charge in [0.25, 0.3) is 5.91 Å². The van der Waals surface area contributed by atoms with Gasteiger partial charge in [-0.1, -0.05) is 42.5 Å². The van der Waals surface area contributed by atoms with Crippen LogP contribution < -0.4 is 0 Å². The molecule has 0 N–H and O–H groups in total. The molecule has 130 valence electrons. The first kappa shape index (κ1) is 16.3. The molecular weight excluding hydrogens is 314 g/mol. The first-order chi connectivity index (χ1) is 12.3. The Hall–Kier alpha value is -2.17. The average molecular weight is 337 g/mol. The van der Waals surface area contributed by atoms with Crippen molar-refractivity contribution in [1.82, 2.24) is 4.90 Å². The number of rotatable bonds is 2. The third-order valence-electron chi connectivity index (χ3n) is 5.07. The molecule has 2 heterocycles. The van der Waals surface area contributed by atoms with Gasteiger partial charge < -0.3 is 14.4 Å². The number of hydrogen-bond acceptors (Lipinski definition) is 3. The molecule has 0 unspecified atom stereocenters. The molecule has 4 heteroatoms. The number of hydrogen-bond donors (Lipinski definition) is 0. The van der Waals surface area contributed by atoms with E-state index < -0.39 is 5.79 Å². The minimum absolute atomic E-state index is 0.0882. The summed E-state index contributed by atoms with van der Waals surface area (Å²) < 4.78 is 11.7. The normalized spacial score (nSPS) is 19.8. The van der Waals surface area contributed by atoms with Crippen LogP contribution in [0.2, 0.25) is 0 Å². The summed E-state index contributed by atoms with van der Waals surface area (Å²) in [7, 11) is 0. The molecule has 0 atom stereocenters. The summed E-state index contributed by atoms with van der Waals surface area (Å²) in [5.41, 5.74) is 3.02. The molecule has 2 aromatic rings. The molecule has 2 fully saturated rings. The minimum Gasteiger partial charge on any atom is -0.350 e. The predicted molar refractivity (Wildman–Crippen MR) is 96.3 cm³/mol. The lowest BCUT2D eigenvalue weighted by molar-refractivity contribution is -0.281. The number of ether oxygens (including phenoxy) is 2. The van der Waals surface area contributed by atoms with E-state index >= 15 is 0 Å². The van der Waals surface area contributed by atoms with Crippen molar-refractivity contribution in [2.24, 2.45) is 0 Å². The lowest BCUT2D eigenvalue weighted by Gasteiger charge is -2.43. The van der Waals surface area contributed by atoms with Crippen LogP contribution in [-0.4, -0.2) is 42.9 Å². The van der Waals surface area contributed by atoms with E-state index in [9.17, 15) is 4.79 Å². The summed E-state index contributed by atoms with van der Waals surface area (Å²) in [6.45, 7) is 2.88. The highest BCUT2D eigenvalue weighted by atomic mass is 16.7. The standard InChI is InChI=1S/C21H23NO3/c23-20(22-13-11-21(12-14-22)24-15-4-16-25-21)19-9-7-18(8-10-19)17-5-2-1-3-6-17/h1-3,5-10H,4,11-16H2. The molecule has 0 aromatic heterocycles. The second kappa shape index (κ2) is 6.98.